The van der Waals surface area contributed by atoms with E-state index in [-0.39, 0.29) is 286 Å². The Hall–Kier alpha value is 6.57. The Morgan fingerprint density at radius 2 is 0.533 bits per heavy atom. The van der Waals surface area contributed by atoms with Crippen LogP contribution >= 0.6 is 0 Å². The summed E-state index contributed by atoms with van der Waals surface area (Å²) >= 11 is 0. The summed E-state index contributed by atoms with van der Waals surface area (Å²) in [6.07, 6.45) is 17.3. The molecule has 0 atom stereocenters. The van der Waals surface area contributed by atoms with E-state index in [0.717, 1.165) is 0 Å². The zero-order valence-electron chi connectivity index (χ0n) is 16.0. The molecule has 0 aromatic rings. The average Bonchev–Trinajstić information content (AvgIpc) is 2.24. The van der Waals surface area contributed by atoms with Crippen LogP contribution in [0.4, 0.5) is 0 Å². The smallest absolute Gasteiger partial charge is 0 e. The van der Waals surface area contributed by atoms with Crippen LogP contribution in [-0.4, -0.2) is 0 Å². The molecule has 0 heterocycles. The minimum atomic E-state index is 0. The zero-order chi connectivity index (χ0) is 12.2. The predicted molar refractivity (Wildman–Crippen MR) is 72.5 cm³/mol. The molecule has 0 saturated carbocycles. The summed E-state index contributed by atoms with van der Waals surface area (Å²) in [5, 5.41) is 0. The van der Waals surface area contributed by atoms with E-state index in [0.29, 0.717) is 0 Å². The van der Waals surface area contributed by atoms with Gasteiger partial charge in [0, 0.05) is 278 Å². The minimum absolute atomic E-state index is 0. The monoisotopic (exact) mass is 964 g/mol. The van der Waals surface area contributed by atoms with Gasteiger partial charge in [0.15, 0.2) is 0 Å². The molecule has 0 aromatic heterocycles. The number of terminal acetylenes is 3. The number of hydrogen-bond donors (Lipinski definition) is 0. The van der Waals surface area contributed by atoms with E-state index >= 15 is 0 Å². The first kappa shape index (κ1) is 169. The van der Waals surface area contributed by atoms with Crippen molar-refractivity contribution < 1.29 is 278 Å². The van der Waals surface area contributed by atoms with Crippen molar-refractivity contribution in [1.29, 1.82) is 0 Å². The third-order valence-electron chi connectivity index (χ3n) is 0.447. The van der Waals surface area contributed by atoms with E-state index in [1.165, 1.54) is 0 Å². The van der Waals surface area contributed by atoms with Gasteiger partial charge in [-0.3, -0.25) is 0 Å². The van der Waals surface area contributed by atoms with Gasteiger partial charge in [-0.2, -0.15) is 0 Å². The molecule has 0 bridgehead atoms. The zero-order valence-corrected chi connectivity index (χ0v) is 37.0. The Kier molecular flexibility index (Phi) is 1510. The first-order chi connectivity index (χ1) is 6.74. The van der Waals surface area contributed by atoms with Gasteiger partial charge >= 0.3 is 0 Å². The topological polar surface area (TPSA) is 0 Å². The number of hydrogen-bond acceptors (Lipinski definition) is 0. The second-order valence-corrected chi connectivity index (χ2v) is 1.31. The third kappa shape index (κ3) is 426. The molecule has 0 aliphatic carbocycles. The molecule has 0 nitrogen and oxygen atoms in total. The molecular weight excluding hydrogens is 944 g/mol. The summed E-state index contributed by atoms with van der Waals surface area (Å²) < 4.78 is 0. The van der Waals surface area contributed by atoms with Gasteiger partial charge in [-0.15, -0.1) is 43.5 Å². The first-order valence-corrected chi connectivity index (χ1v) is 3.66. The normalized spacial score (nSPS) is 1.33. The molecule has 0 amide bonds. The van der Waals surface area contributed by atoms with Gasteiger partial charge in [-0.1, -0.05) is 13.3 Å². The van der Waals surface area contributed by atoms with Gasteiger partial charge in [0.25, 0.3) is 0 Å². The van der Waals surface area contributed by atoms with Crippen LogP contribution in [0.5, 0.6) is 0 Å². The van der Waals surface area contributed by atoms with Crippen molar-refractivity contribution in [1.82, 2.24) is 0 Å². The number of rotatable bonds is 0. The Morgan fingerprint density at radius 3 is 0.533 bits per heavy atom. The molecule has 0 fully saturated rings. The van der Waals surface area contributed by atoms with Crippen molar-refractivity contribution in [3.05, 3.63) is 0 Å². The van der Waals surface area contributed by atoms with Crippen LogP contribution in [-0.2, 0) is 278 Å². The molecule has 0 aromatic carbocycles. The molecule has 0 N–H and O–H groups in total. The molecule has 0 aliphatic heterocycles. The van der Waals surface area contributed by atoms with E-state index in [1.54, 1.807) is 13.8 Å². The molecule has 155 valence electrons. The van der Waals surface area contributed by atoms with Crippen molar-refractivity contribution in [3.8, 4) is 61.2 Å². The Bertz CT molecular complexity index is 305. The minimum Gasteiger partial charge on any atom is -0.124 e. The van der Waals surface area contributed by atoms with Gasteiger partial charge in [0.05, 0.1) is 0 Å². The molecule has 0 aliphatic rings. The van der Waals surface area contributed by atoms with Crippen molar-refractivity contribution >= 4 is 0 Å². The van der Waals surface area contributed by atoms with Crippen molar-refractivity contribution in [2.45, 2.75) is 35.1 Å². The Morgan fingerprint density at radius 1 is 0.400 bits per heavy atom. The van der Waals surface area contributed by atoms with Gasteiger partial charge in [0.2, 0.25) is 0 Å². The summed E-state index contributed by atoms with van der Waals surface area (Å²) in [5.74, 6) is 14.7. The molecule has 30 heavy (non-hydrogen) atoms. The summed E-state index contributed by atoms with van der Waals surface area (Å²) in [4.78, 5) is 0. The van der Waals surface area contributed by atoms with Crippen LogP contribution in [0.25, 0.3) is 0 Å². The molecule has 0 saturated heterocycles. The maximum Gasteiger partial charge on any atom is 0 e. The van der Waals surface area contributed by atoms with Crippen molar-refractivity contribution in [2.24, 2.45) is 0 Å². The van der Waals surface area contributed by atoms with Crippen LogP contribution in [0.3, 0.4) is 0 Å². The summed E-state index contributed by atoms with van der Waals surface area (Å²) in [5.41, 5.74) is 0. The third-order valence-corrected chi connectivity index (χ3v) is 0.447. The van der Waals surface area contributed by atoms with E-state index < -0.39 is 0 Å². The van der Waals surface area contributed by atoms with E-state index in [2.05, 4.69) is 54.8 Å². The van der Waals surface area contributed by atoms with Gasteiger partial charge in [-0.05, 0) is 39.5 Å². The Balaban J connectivity index is -0.00000000214. The van der Waals surface area contributed by atoms with Crippen molar-refractivity contribution in [2.75, 3.05) is 0 Å². The SMILES string of the molecule is C.C#C.C#CC.C#CC#CC.CC#CC.[V].[V].[V].[V].[V].[V].[V].[V].[V].[V].[V].[V].[V].[V].[V]. The predicted octanol–water partition coefficient (Wildman–Crippen LogP) is 3.16. The molecule has 15 heteroatoms. The molecular formula is C15H20V15. The summed E-state index contributed by atoms with van der Waals surface area (Å²) in [7, 11) is 0. The quantitative estimate of drug-likeness (QED) is 0.328. The second kappa shape index (κ2) is 269. The second-order valence-electron chi connectivity index (χ2n) is 1.31. The molecule has 0 rings (SSSR count). The van der Waals surface area contributed by atoms with Crippen LogP contribution in [0, 0.1) is 61.2 Å². The van der Waals surface area contributed by atoms with Crippen LogP contribution in [0.1, 0.15) is 35.1 Å². The van der Waals surface area contributed by atoms with Crippen molar-refractivity contribution in [3.63, 3.8) is 0 Å². The van der Waals surface area contributed by atoms with Gasteiger partial charge in [0.1, 0.15) is 0 Å². The molecule has 0 unspecified atom stereocenters. The van der Waals surface area contributed by atoms with Crippen LogP contribution < -0.4 is 0 Å². The molecule has 0 spiro atoms. The van der Waals surface area contributed by atoms with Crippen LogP contribution in [0.15, 0.2) is 0 Å². The fourth-order valence-electron chi connectivity index (χ4n) is 0.0722. The van der Waals surface area contributed by atoms with E-state index in [1.807, 2.05) is 13.8 Å². The maximum atomic E-state index is 4.72. The standard InChI is InChI=1S/C5H4.C4H6.C3H4.C2H2.CH4.15V/c1-3-5-4-2;1-3-4-2;1-3-2;1-2;;;;;;;;;;;;;;;;/h1H,2H3;1-2H3;1H,2H3;1-2H;1H4;;;;;;;;;;;;;;;. The molecule has 15 radical (unpaired) electrons. The van der Waals surface area contributed by atoms with Crippen LogP contribution in [0.2, 0.25) is 0 Å². The van der Waals surface area contributed by atoms with Gasteiger partial charge in [-0.25, -0.2) is 0 Å². The maximum absolute atomic E-state index is 4.72. The fraction of sp³-hybridized carbons (Fsp3) is 0.333. The first-order valence-electron chi connectivity index (χ1n) is 3.66. The van der Waals surface area contributed by atoms with E-state index in [9.17, 15) is 0 Å². The summed E-state index contributed by atoms with van der Waals surface area (Å²) in [6, 6.07) is 0. The van der Waals surface area contributed by atoms with E-state index in [4.69, 9.17) is 6.42 Å². The fourth-order valence-corrected chi connectivity index (χ4v) is 0.0722. The average molecular weight is 964 g/mol. The largest absolute Gasteiger partial charge is 0.124 e. The Labute approximate surface area is 367 Å². The summed E-state index contributed by atoms with van der Waals surface area (Å²) in [6.45, 7) is 7.00. The van der Waals surface area contributed by atoms with Gasteiger partial charge < -0.3 is 0 Å².